The van der Waals surface area contributed by atoms with Gasteiger partial charge in [0.25, 0.3) is 0 Å². The normalized spacial score (nSPS) is 25.1. The molecule has 3 rings (SSSR count). The van der Waals surface area contributed by atoms with Crippen LogP contribution in [-0.4, -0.2) is 7.11 Å². The molecule has 0 amide bonds. The molecule has 0 atom stereocenters. The van der Waals surface area contributed by atoms with Gasteiger partial charge in [-0.1, -0.05) is 41.9 Å². The Morgan fingerprint density at radius 2 is 1.85 bits per heavy atom. The zero-order chi connectivity index (χ0) is 14.2. The predicted octanol–water partition coefficient (Wildman–Crippen LogP) is 4.08. The van der Waals surface area contributed by atoms with Crippen molar-refractivity contribution in [3.05, 3.63) is 64.7 Å². The number of nitrogens with two attached hydrogens (primary N) is 1. The highest BCUT2D eigenvalue weighted by molar-refractivity contribution is 6.30. The first-order chi connectivity index (χ1) is 9.62. The summed E-state index contributed by atoms with van der Waals surface area (Å²) < 4.78 is 5.42. The van der Waals surface area contributed by atoms with Crippen LogP contribution in [0.25, 0.3) is 0 Å². The van der Waals surface area contributed by atoms with Gasteiger partial charge in [-0.3, -0.25) is 0 Å². The summed E-state index contributed by atoms with van der Waals surface area (Å²) in [6.45, 7) is 0. The van der Waals surface area contributed by atoms with Crippen molar-refractivity contribution in [1.82, 2.24) is 0 Å². The largest absolute Gasteiger partial charge is 0.496 e. The van der Waals surface area contributed by atoms with Crippen molar-refractivity contribution in [2.45, 2.75) is 24.3 Å². The fraction of sp³-hybridized carbons (Fsp3) is 0.294. The SMILES string of the molecule is COc1ccc(Cl)cc1C1(N)CC(c2ccccc2)C1. The van der Waals surface area contributed by atoms with Crippen molar-refractivity contribution in [3.8, 4) is 5.75 Å². The standard InChI is InChI=1S/C17H18ClNO/c1-20-16-8-7-14(18)9-15(16)17(19)10-13(11-17)12-5-3-2-4-6-12/h2-9,13H,10-11,19H2,1H3. The first-order valence-corrected chi connectivity index (χ1v) is 7.18. The fourth-order valence-electron chi connectivity index (χ4n) is 3.07. The number of ether oxygens (including phenoxy) is 1. The van der Waals surface area contributed by atoms with Crippen LogP contribution in [0.5, 0.6) is 5.75 Å². The molecule has 1 aliphatic rings. The maximum Gasteiger partial charge on any atom is 0.124 e. The minimum atomic E-state index is -0.337. The maximum atomic E-state index is 6.56. The smallest absolute Gasteiger partial charge is 0.124 e. The second-order valence-electron chi connectivity index (χ2n) is 5.52. The Morgan fingerprint density at radius 3 is 2.50 bits per heavy atom. The molecule has 1 saturated carbocycles. The molecule has 2 N–H and O–H groups in total. The van der Waals surface area contributed by atoms with Crippen LogP contribution in [-0.2, 0) is 5.54 Å². The molecule has 0 heterocycles. The lowest BCUT2D eigenvalue weighted by Crippen LogP contribution is -2.48. The summed E-state index contributed by atoms with van der Waals surface area (Å²) in [6.07, 6.45) is 1.85. The van der Waals surface area contributed by atoms with E-state index in [0.717, 1.165) is 24.2 Å². The molecule has 3 heteroatoms. The Morgan fingerprint density at radius 1 is 1.15 bits per heavy atom. The van der Waals surface area contributed by atoms with E-state index >= 15 is 0 Å². The van der Waals surface area contributed by atoms with Gasteiger partial charge in [-0.15, -0.1) is 0 Å². The van der Waals surface area contributed by atoms with Gasteiger partial charge in [0.15, 0.2) is 0 Å². The molecular weight excluding hydrogens is 270 g/mol. The number of methoxy groups -OCH3 is 1. The average molecular weight is 288 g/mol. The van der Waals surface area contributed by atoms with Gasteiger partial charge in [0.1, 0.15) is 5.75 Å². The molecule has 2 aromatic rings. The Bertz CT molecular complexity index is 606. The number of halogens is 1. The topological polar surface area (TPSA) is 35.2 Å². The van der Waals surface area contributed by atoms with Crippen LogP contribution in [0.15, 0.2) is 48.5 Å². The van der Waals surface area contributed by atoms with Crippen LogP contribution in [0, 0.1) is 0 Å². The van der Waals surface area contributed by atoms with E-state index in [9.17, 15) is 0 Å². The van der Waals surface area contributed by atoms with E-state index in [1.165, 1.54) is 5.56 Å². The van der Waals surface area contributed by atoms with Gasteiger partial charge in [0, 0.05) is 16.1 Å². The highest BCUT2D eigenvalue weighted by atomic mass is 35.5. The maximum absolute atomic E-state index is 6.56. The molecule has 0 unspecified atom stereocenters. The summed E-state index contributed by atoms with van der Waals surface area (Å²) in [4.78, 5) is 0. The molecule has 2 nitrogen and oxygen atoms in total. The van der Waals surface area contributed by atoms with Crippen molar-refractivity contribution in [2.75, 3.05) is 7.11 Å². The first-order valence-electron chi connectivity index (χ1n) is 6.80. The molecule has 2 aromatic carbocycles. The summed E-state index contributed by atoms with van der Waals surface area (Å²) >= 11 is 6.10. The predicted molar refractivity (Wildman–Crippen MR) is 82.3 cm³/mol. The van der Waals surface area contributed by atoms with Gasteiger partial charge in [-0.25, -0.2) is 0 Å². The molecule has 0 aromatic heterocycles. The Hall–Kier alpha value is -1.51. The molecule has 0 radical (unpaired) electrons. The van der Waals surface area contributed by atoms with Crippen LogP contribution < -0.4 is 10.5 Å². The van der Waals surface area contributed by atoms with Crippen molar-refractivity contribution >= 4 is 11.6 Å². The van der Waals surface area contributed by atoms with Crippen LogP contribution in [0.1, 0.15) is 29.9 Å². The van der Waals surface area contributed by atoms with Gasteiger partial charge < -0.3 is 10.5 Å². The van der Waals surface area contributed by atoms with E-state index in [0.29, 0.717) is 10.9 Å². The molecule has 0 bridgehead atoms. The lowest BCUT2D eigenvalue weighted by atomic mass is 9.63. The Kier molecular flexibility index (Phi) is 3.45. The summed E-state index contributed by atoms with van der Waals surface area (Å²) in [5.41, 5.74) is 8.59. The molecule has 1 aliphatic carbocycles. The van der Waals surface area contributed by atoms with Crippen LogP contribution in [0.4, 0.5) is 0 Å². The van der Waals surface area contributed by atoms with E-state index in [1.807, 2.05) is 24.3 Å². The van der Waals surface area contributed by atoms with E-state index in [2.05, 4.69) is 24.3 Å². The zero-order valence-electron chi connectivity index (χ0n) is 11.5. The van der Waals surface area contributed by atoms with Gasteiger partial charge in [0.2, 0.25) is 0 Å². The lowest BCUT2D eigenvalue weighted by molar-refractivity contribution is 0.202. The summed E-state index contributed by atoms with van der Waals surface area (Å²) in [6, 6.07) is 16.2. The molecular formula is C17H18ClNO. The van der Waals surface area contributed by atoms with Gasteiger partial charge >= 0.3 is 0 Å². The van der Waals surface area contributed by atoms with Gasteiger partial charge in [-0.05, 0) is 42.5 Å². The quantitative estimate of drug-likeness (QED) is 0.923. The van der Waals surface area contributed by atoms with Gasteiger partial charge in [-0.2, -0.15) is 0 Å². The highest BCUT2D eigenvalue weighted by Crippen LogP contribution is 2.51. The van der Waals surface area contributed by atoms with Crippen LogP contribution in [0.3, 0.4) is 0 Å². The number of rotatable bonds is 3. The second kappa shape index (κ2) is 5.12. The lowest BCUT2D eigenvalue weighted by Gasteiger charge is -2.46. The Balaban J connectivity index is 1.85. The minimum Gasteiger partial charge on any atom is -0.496 e. The van der Waals surface area contributed by atoms with E-state index in [4.69, 9.17) is 22.1 Å². The van der Waals surface area contributed by atoms with Crippen molar-refractivity contribution in [2.24, 2.45) is 5.73 Å². The number of benzene rings is 2. The summed E-state index contributed by atoms with van der Waals surface area (Å²) in [7, 11) is 1.67. The van der Waals surface area contributed by atoms with E-state index in [1.54, 1.807) is 7.11 Å². The van der Waals surface area contributed by atoms with E-state index < -0.39 is 0 Å². The molecule has 104 valence electrons. The van der Waals surface area contributed by atoms with Crippen molar-refractivity contribution in [1.29, 1.82) is 0 Å². The molecule has 1 fully saturated rings. The number of hydrogen-bond donors (Lipinski definition) is 1. The van der Waals surface area contributed by atoms with Crippen LogP contribution >= 0.6 is 11.6 Å². The third-order valence-electron chi connectivity index (χ3n) is 4.19. The molecule has 0 aliphatic heterocycles. The fourth-order valence-corrected chi connectivity index (χ4v) is 3.24. The van der Waals surface area contributed by atoms with Crippen molar-refractivity contribution in [3.63, 3.8) is 0 Å². The first kappa shape index (κ1) is 13.5. The monoisotopic (exact) mass is 287 g/mol. The molecule has 20 heavy (non-hydrogen) atoms. The third kappa shape index (κ3) is 2.30. The highest BCUT2D eigenvalue weighted by Gasteiger charge is 2.44. The second-order valence-corrected chi connectivity index (χ2v) is 5.95. The van der Waals surface area contributed by atoms with Crippen molar-refractivity contribution < 1.29 is 4.74 Å². The minimum absolute atomic E-state index is 0.337. The molecule has 0 saturated heterocycles. The summed E-state index contributed by atoms with van der Waals surface area (Å²) in [5.74, 6) is 1.34. The number of hydrogen-bond acceptors (Lipinski definition) is 2. The van der Waals surface area contributed by atoms with E-state index in [-0.39, 0.29) is 5.54 Å². The summed E-state index contributed by atoms with van der Waals surface area (Å²) in [5, 5.41) is 0.703. The zero-order valence-corrected chi connectivity index (χ0v) is 12.2. The average Bonchev–Trinajstić information content (AvgIpc) is 2.45. The molecule has 0 spiro atoms. The third-order valence-corrected chi connectivity index (χ3v) is 4.43. The van der Waals surface area contributed by atoms with Gasteiger partial charge in [0.05, 0.1) is 7.11 Å². The van der Waals surface area contributed by atoms with Crippen LogP contribution in [0.2, 0.25) is 5.02 Å². The Labute approximate surface area is 124 Å².